The normalized spacial score (nSPS) is 10.9. The van der Waals surface area contributed by atoms with E-state index in [1.807, 2.05) is 30.3 Å². The van der Waals surface area contributed by atoms with Crippen molar-refractivity contribution in [3.05, 3.63) is 119 Å². The lowest BCUT2D eigenvalue weighted by Gasteiger charge is -2.15. The van der Waals surface area contributed by atoms with Crippen LogP contribution in [0.5, 0.6) is 0 Å². The van der Waals surface area contributed by atoms with Crippen LogP contribution in [0, 0.1) is 10.1 Å². The Morgan fingerprint density at radius 3 is 1.90 bits per heavy atom. The zero-order valence-corrected chi connectivity index (χ0v) is 16.1. The summed E-state index contributed by atoms with van der Waals surface area (Å²) in [5.74, 6) is 0. The van der Waals surface area contributed by atoms with Gasteiger partial charge in [0.15, 0.2) is 0 Å². The van der Waals surface area contributed by atoms with Gasteiger partial charge in [-0.15, -0.1) is 0 Å². The molecule has 0 saturated carbocycles. The molecule has 0 aliphatic carbocycles. The number of aromatic nitrogens is 1. The number of hydrogen-bond donors (Lipinski definition) is 0. The van der Waals surface area contributed by atoms with Crippen molar-refractivity contribution in [1.29, 1.82) is 0 Å². The highest BCUT2D eigenvalue weighted by atomic mass is 16.6. The standard InChI is InChI=1S/C26H18N2O2/c29-28(30)24-14-12-20(13-15-24)25-16-17-26(27(25)23-8-2-1-3-9-23)22-11-10-19-6-4-5-7-21(19)18-22/h1-18H. The summed E-state index contributed by atoms with van der Waals surface area (Å²) in [4.78, 5) is 10.7. The number of nitrogens with zero attached hydrogens (tertiary/aromatic N) is 2. The van der Waals surface area contributed by atoms with E-state index in [2.05, 4.69) is 59.2 Å². The molecule has 30 heavy (non-hydrogen) atoms. The van der Waals surface area contributed by atoms with E-state index in [1.165, 1.54) is 10.8 Å². The van der Waals surface area contributed by atoms with Crippen LogP contribution in [0.25, 0.3) is 39.0 Å². The van der Waals surface area contributed by atoms with Gasteiger partial charge in [-0.05, 0) is 64.4 Å². The van der Waals surface area contributed by atoms with Crippen LogP contribution in [-0.2, 0) is 0 Å². The van der Waals surface area contributed by atoms with Crippen LogP contribution in [0.15, 0.2) is 109 Å². The Balaban J connectivity index is 1.71. The third kappa shape index (κ3) is 3.14. The Kier molecular flexibility index (Phi) is 4.37. The maximum Gasteiger partial charge on any atom is 0.269 e. The molecular formula is C26H18N2O2. The number of hydrogen-bond acceptors (Lipinski definition) is 2. The number of rotatable bonds is 4. The van der Waals surface area contributed by atoms with Gasteiger partial charge in [0.25, 0.3) is 5.69 Å². The second-order valence-corrected chi connectivity index (χ2v) is 7.14. The van der Waals surface area contributed by atoms with E-state index in [1.54, 1.807) is 24.3 Å². The number of fused-ring (bicyclic) bond motifs is 1. The molecule has 4 aromatic carbocycles. The van der Waals surface area contributed by atoms with Crippen molar-refractivity contribution < 1.29 is 4.92 Å². The Morgan fingerprint density at radius 2 is 1.20 bits per heavy atom. The van der Waals surface area contributed by atoms with Gasteiger partial charge in [-0.1, -0.05) is 54.6 Å². The van der Waals surface area contributed by atoms with E-state index >= 15 is 0 Å². The molecule has 0 aliphatic rings. The molecular weight excluding hydrogens is 372 g/mol. The van der Waals surface area contributed by atoms with Gasteiger partial charge in [0, 0.05) is 17.8 Å². The first-order chi connectivity index (χ1) is 14.7. The van der Waals surface area contributed by atoms with Crippen molar-refractivity contribution in [3.8, 4) is 28.2 Å². The predicted octanol–water partition coefficient (Wildman–Crippen LogP) is 6.87. The molecule has 0 fully saturated rings. The van der Waals surface area contributed by atoms with Gasteiger partial charge >= 0.3 is 0 Å². The fourth-order valence-corrected chi connectivity index (χ4v) is 3.85. The minimum atomic E-state index is -0.374. The average molecular weight is 390 g/mol. The van der Waals surface area contributed by atoms with Crippen LogP contribution in [0.3, 0.4) is 0 Å². The predicted molar refractivity (Wildman–Crippen MR) is 121 cm³/mol. The fraction of sp³-hybridized carbons (Fsp3) is 0. The molecule has 0 amide bonds. The quantitative estimate of drug-likeness (QED) is 0.248. The summed E-state index contributed by atoms with van der Waals surface area (Å²) in [6.45, 7) is 0. The van der Waals surface area contributed by atoms with Crippen molar-refractivity contribution in [2.24, 2.45) is 0 Å². The lowest BCUT2D eigenvalue weighted by atomic mass is 10.0. The van der Waals surface area contributed by atoms with E-state index < -0.39 is 0 Å². The van der Waals surface area contributed by atoms with Gasteiger partial charge in [0.2, 0.25) is 0 Å². The largest absolute Gasteiger partial charge is 0.309 e. The first-order valence-electron chi connectivity index (χ1n) is 9.72. The second-order valence-electron chi connectivity index (χ2n) is 7.14. The summed E-state index contributed by atoms with van der Waals surface area (Å²) in [5.41, 5.74) is 5.23. The topological polar surface area (TPSA) is 48.1 Å². The SMILES string of the molecule is O=[N+]([O-])c1ccc(-c2ccc(-c3ccc4ccccc4c3)n2-c2ccccc2)cc1. The first kappa shape index (κ1) is 17.9. The number of non-ortho nitro benzene ring substituents is 1. The number of benzene rings is 4. The monoisotopic (exact) mass is 390 g/mol. The van der Waals surface area contributed by atoms with Crippen molar-refractivity contribution in [1.82, 2.24) is 4.57 Å². The minimum Gasteiger partial charge on any atom is -0.309 e. The number of nitro groups is 1. The molecule has 0 saturated heterocycles. The van der Waals surface area contributed by atoms with Crippen LogP contribution in [0.2, 0.25) is 0 Å². The summed E-state index contributed by atoms with van der Waals surface area (Å²) in [6.07, 6.45) is 0. The molecule has 0 N–H and O–H groups in total. The van der Waals surface area contributed by atoms with E-state index in [0.717, 1.165) is 28.2 Å². The number of para-hydroxylation sites is 1. The minimum absolute atomic E-state index is 0.0892. The van der Waals surface area contributed by atoms with Crippen LogP contribution in [-0.4, -0.2) is 9.49 Å². The molecule has 144 valence electrons. The summed E-state index contributed by atoms with van der Waals surface area (Å²) >= 11 is 0. The molecule has 0 aliphatic heterocycles. The summed E-state index contributed by atoms with van der Waals surface area (Å²) < 4.78 is 2.20. The van der Waals surface area contributed by atoms with Crippen LogP contribution in [0.4, 0.5) is 5.69 Å². The van der Waals surface area contributed by atoms with Crippen molar-refractivity contribution in [3.63, 3.8) is 0 Å². The Bertz CT molecular complexity index is 1350. The first-order valence-corrected chi connectivity index (χ1v) is 9.72. The lowest BCUT2D eigenvalue weighted by molar-refractivity contribution is -0.384. The average Bonchev–Trinajstić information content (AvgIpc) is 3.24. The van der Waals surface area contributed by atoms with Crippen LogP contribution < -0.4 is 0 Å². The van der Waals surface area contributed by atoms with Gasteiger partial charge in [-0.2, -0.15) is 0 Å². The highest BCUT2D eigenvalue weighted by molar-refractivity contribution is 5.87. The van der Waals surface area contributed by atoms with Crippen molar-refractivity contribution in [2.75, 3.05) is 0 Å². The smallest absolute Gasteiger partial charge is 0.269 e. The van der Waals surface area contributed by atoms with Gasteiger partial charge in [-0.3, -0.25) is 10.1 Å². The Hall–Kier alpha value is -4.18. The van der Waals surface area contributed by atoms with E-state index in [-0.39, 0.29) is 10.6 Å². The molecule has 4 nitrogen and oxygen atoms in total. The molecule has 1 aromatic heterocycles. The molecule has 0 spiro atoms. The highest BCUT2D eigenvalue weighted by Crippen LogP contribution is 2.34. The lowest BCUT2D eigenvalue weighted by Crippen LogP contribution is -1.99. The summed E-state index contributed by atoms with van der Waals surface area (Å²) in [7, 11) is 0. The summed E-state index contributed by atoms with van der Waals surface area (Å²) in [6, 6.07) is 35.8. The maximum atomic E-state index is 11.0. The third-order valence-electron chi connectivity index (χ3n) is 5.31. The molecule has 0 atom stereocenters. The van der Waals surface area contributed by atoms with Gasteiger partial charge in [0.1, 0.15) is 0 Å². The third-order valence-corrected chi connectivity index (χ3v) is 5.31. The fourth-order valence-electron chi connectivity index (χ4n) is 3.85. The number of nitro benzene ring substituents is 1. The molecule has 0 radical (unpaired) electrons. The van der Waals surface area contributed by atoms with Gasteiger partial charge < -0.3 is 4.57 Å². The highest BCUT2D eigenvalue weighted by Gasteiger charge is 2.15. The Labute approximate surface area is 173 Å². The van der Waals surface area contributed by atoms with Gasteiger partial charge in [-0.25, -0.2) is 0 Å². The second kappa shape index (κ2) is 7.33. The molecule has 4 heteroatoms. The summed E-state index contributed by atoms with van der Waals surface area (Å²) in [5, 5.41) is 13.4. The van der Waals surface area contributed by atoms with E-state index in [9.17, 15) is 10.1 Å². The Morgan fingerprint density at radius 1 is 0.600 bits per heavy atom. The van der Waals surface area contributed by atoms with Gasteiger partial charge in [0.05, 0.1) is 16.3 Å². The maximum absolute atomic E-state index is 11.0. The van der Waals surface area contributed by atoms with Crippen LogP contribution in [0.1, 0.15) is 0 Å². The molecule has 0 bridgehead atoms. The van der Waals surface area contributed by atoms with Crippen LogP contribution >= 0.6 is 0 Å². The zero-order valence-electron chi connectivity index (χ0n) is 16.1. The van der Waals surface area contributed by atoms with Crippen molar-refractivity contribution >= 4 is 16.5 Å². The van der Waals surface area contributed by atoms with E-state index in [0.29, 0.717) is 0 Å². The van der Waals surface area contributed by atoms with E-state index in [4.69, 9.17) is 0 Å². The van der Waals surface area contributed by atoms with Crippen molar-refractivity contribution in [2.45, 2.75) is 0 Å². The molecule has 5 aromatic rings. The zero-order chi connectivity index (χ0) is 20.5. The molecule has 1 heterocycles. The molecule has 5 rings (SSSR count). The molecule has 0 unspecified atom stereocenters.